The van der Waals surface area contributed by atoms with Crippen LogP contribution in [0.2, 0.25) is 0 Å². The molecule has 0 atom stereocenters. The molecule has 0 saturated carbocycles. The van der Waals surface area contributed by atoms with Crippen LogP contribution >= 0.6 is 11.6 Å². The largest absolute Gasteiger partial charge is 0.494 e. The second kappa shape index (κ2) is 11.7. The number of terminal acetylenes is 1. The first-order chi connectivity index (χ1) is 9.45. The van der Waals surface area contributed by atoms with Gasteiger partial charge >= 0.3 is 0 Å². The molecular formula is C16H28ClNO2. The van der Waals surface area contributed by atoms with Crippen molar-refractivity contribution in [3.63, 3.8) is 0 Å². The topological polar surface area (TPSA) is 41.5 Å². The average Bonchev–Trinajstić information content (AvgIpc) is 2.62. The number of aliphatic hydroxyl groups excluding tert-OH is 1. The summed E-state index contributed by atoms with van der Waals surface area (Å²) in [7, 11) is 0. The number of allylic oxidation sites excluding steroid dienone is 2. The second-order valence-corrected chi connectivity index (χ2v) is 5.24. The lowest BCUT2D eigenvalue weighted by Crippen LogP contribution is -2.20. The Kier molecular flexibility index (Phi) is 12.4. The Hall–Kier alpha value is -1.11. The van der Waals surface area contributed by atoms with Crippen molar-refractivity contribution in [3.05, 3.63) is 22.6 Å². The van der Waals surface area contributed by atoms with E-state index >= 15 is 0 Å². The molecule has 1 heterocycles. The van der Waals surface area contributed by atoms with Crippen molar-refractivity contribution in [2.75, 3.05) is 19.8 Å². The van der Waals surface area contributed by atoms with E-state index in [2.05, 4.69) is 38.9 Å². The van der Waals surface area contributed by atoms with E-state index < -0.39 is 0 Å². The van der Waals surface area contributed by atoms with Crippen LogP contribution in [0.4, 0.5) is 0 Å². The fourth-order valence-corrected chi connectivity index (χ4v) is 1.82. The van der Waals surface area contributed by atoms with Crippen molar-refractivity contribution in [1.29, 1.82) is 0 Å². The first kappa shape index (κ1) is 21.2. The van der Waals surface area contributed by atoms with E-state index in [9.17, 15) is 0 Å². The molecule has 0 saturated heterocycles. The summed E-state index contributed by atoms with van der Waals surface area (Å²) < 4.78 is 5.57. The Morgan fingerprint density at radius 3 is 2.35 bits per heavy atom. The summed E-state index contributed by atoms with van der Waals surface area (Å²) in [6.45, 7) is 11.4. The molecule has 0 fully saturated rings. The van der Waals surface area contributed by atoms with Gasteiger partial charge in [-0.15, -0.1) is 12.8 Å². The van der Waals surface area contributed by atoms with Gasteiger partial charge in [0.15, 0.2) is 0 Å². The van der Waals surface area contributed by atoms with Gasteiger partial charge in [0.25, 0.3) is 0 Å². The van der Waals surface area contributed by atoms with E-state index in [-0.39, 0.29) is 12.0 Å². The lowest BCUT2D eigenvalue weighted by molar-refractivity contribution is 0.136. The maximum atomic E-state index is 8.80. The molecule has 0 aromatic carbocycles. The predicted molar refractivity (Wildman–Crippen MR) is 87.3 cm³/mol. The van der Waals surface area contributed by atoms with E-state index in [0.29, 0.717) is 18.3 Å². The quantitative estimate of drug-likeness (QED) is 0.617. The van der Waals surface area contributed by atoms with Gasteiger partial charge in [0.2, 0.25) is 0 Å². The van der Waals surface area contributed by atoms with E-state index in [1.165, 1.54) is 5.57 Å². The number of hydrogen-bond acceptors (Lipinski definition) is 3. The van der Waals surface area contributed by atoms with Gasteiger partial charge in [0.05, 0.1) is 18.3 Å². The zero-order valence-corrected chi connectivity index (χ0v) is 14.0. The van der Waals surface area contributed by atoms with E-state index in [1.54, 1.807) is 0 Å². The molecule has 3 nitrogen and oxygen atoms in total. The van der Waals surface area contributed by atoms with Crippen LogP contribution in [0, 0.1) is 18.3 Å². The van der Waals surface area contributed by atoms with Gasteiger partial charge in [-0.05, 0) is 23.5 Å². The summed E-state index contributed by atoms with van der Waals surface area (Å²) in [5.41, 5.74) is 1.27. The molecule has 1 aliphatic rings. The Bertz CT molecular complexity index is 338. The molecule has 1 aliphatic heterocycles. The summed E-state index contributed by atoms with van der Waals surface area (Å²) in [6, 6.07) is 0. The highest BCUT2D eigenvalue weighted by Gasteiger charge is 2.23. The predicted octanol–water partition coefficient (Wildman–Crippen LogP) is 3.64. The molecule has 20 heavy (non-hydrogen) atoms. The first-order valence-electron chi connectivity index (χ1n) is 6.84. The van der Waals surface area contributed by atoms with Crippen LogP contribution in [-0.4, -0.2) is 24.9 Å². The SMILES string of the molecule is C#C.CC.CC(C)(C)C1=C(OCCO)CNC(Cl)=CC1. The molecule has 0 bridgehead atoms. The summed E-state index contributed by atoms with van der Waals surface area (Å²) in [5.74, 6) is 0.897. The minimum Gasteiger partial charge on any atom is -0.494 e. The van der Waals surface area contributed by atoms with E-state index in [0.717, 1.165) is 12.2 Å². The number of aliphatic hydroxyl groups is 1. The molecule has 0 radical (unpaired) electrons. The molecule has 0 spiro atoms. The molecule has 1 rings (SSSR count). The lowest BCUT2D eigenvalue weighted by Gasteiger charge is -2.25. The monoisotopic (exact) mass is 301 g/mol. The van der Waals surface area contributed by atoms with E-state index in [4.69, 9.17) is 21.4 Å². The van der Waals surface area contributed by atoms with Crippen LogP contribution in [0.5, 0.6) is 0 Å². The van der Waals surface area contributed by atoms with Gasteiger partial charge in [0.1, 0.15) is 12.4 Å². The fraction of sp³-hybridized carbons (Fsp3) is 0.625. The third kappa shape index (κ3) is 8.14. The Morgan fingerprint density at radius 2 is 1.90 bits per heavy atom. The van der Waals surface area contributed by atoms with Crippen LogP contribution in [0.25, 0.3) is 0 Å². The van der Waals surface area contributed by atoms with Crippen molar-refractivity contribution in [2.24, 2.45) is 5.41 Å². The van der Waals surface area contributed by atoms with Crippen molar-refractivity contribution >= 4 is 11.6 Å². The molecule has 0 aromatic rings. The number of rotatable bonds is 3. The highest BCUT2D eigenvalue weighted by Crippen LogP contribution is 2.33. The van der Waals surface area contributed by atoms with Crippen molar-refractivity contribution < 1.29 is 9.84 Å². The average molecular weight is 302 g/mol. The van der Waals surface area contributed by atoms with Gasteiger partial charge in [-0.1, -0.05) is 46.2 Å². The highest BCUT2D eigenvalue weighted by molar-refractivity contribution is 6.29. The maximum absolute atomic E-state index is 8.80. The van der Waals surface area contributed by atoms with Gasteiger partial charge in [-0.3, -0.25) is 0 Å². The number of hydrogen-bond donors (Lipinski definition) is 2. The van der Waals surface area contributed by atoms with Crippen LogP contribution < -0.4 is 5.32 Å². The molecule has 116 valence electrons. The van der Waals surface area contributed by atoms with Crippen LogP contribution in [0.1, 0.15) is 41.0 Å². The Labute approximate surface area is 129 Å². The Morgan fingerprint density at radius 1 is 1.35 bits per heavy atom. The van der Waals surface area contributed by atoms with Crippen LogP contribution in [0.3, 0.4) is 0 Å². The Balaban J connectivity index is 0. The third-order valence-corrected chi connectivity index (χ3v) is 2.80. The molecular weight excluding hydrogens is 274 g/mol. The summed E-state index contributed by atoms with van der Waals surface area (Å²) in [6.07, 6.45) is 10.7. The maximum Gasteiger partial charge on any atom is 0.115 e. The lowest BCUT2D eigenvalue weighted by atomic mass is 9.83. The van der Waals surface area contributed by atoms with Gasteiger partial charge in [0, 0.05) is 0 Å². The molecule has 2 N–H and O–H groups in total. The zero-order chi connectivity index (χ0) is 16.2. The molecule has 0 aliphatic carbocycles. The number of halogens is 1. The summed E-state index contributed by atoms with van der Waals surface area (Å²) in [4.78, 5) is 0. The normalized spacial score (nSPS) is 14.6. The number of nitrogens with one attached hydrogen (secondary N) is 1. The standard InChI is InChI=1S/C12H20ClNO2.C2H6.C2H2/c1-12(2,3)9-4-5-11(13)14-8-10(9)16-7-6-15;2*1-2/h5,14-15H,4,6-8H2,1-3H3;1-2H3;1-2H. The second-order valence-electron chi connectivity index (χ2n) is 4.83. The summed E-state index contributed by atoms with van der Waals surface area (Å²) >= 11 is 5.95. The van der Waals surface area contributed by atoms with Gasteiger partial charge in [-0.25, -0.2) is 0 Å². The third-order valence-electron chi connectivity index (χ3n) is 2.51. The van der Waals surface area contributed by atoms with Crippen LogP contribution in [0.15, 0.2) is 22.6 Å². The summed E-state index contributed by atoms with van der Waals surface area (Å²) in [5, 5.41) is 12.5. The minimum atomic E-state index is 0.0298. The molecule has 4 heteroatoms. The number of ether oxygens (including phenoxy) is 1. The van der Waals surface area contributed by atoms with Crippen LogP contribution in [-0.2, 0) is 4.74 Å². The molecule has 0 unspecified atom stereocenters. The minimum absolute atomic E-state index is 0.0298. The van der Waals surface area contributed by atoms with E-state index in [1.807, 2.05) is 19.9 Å². The smallest absolute Gasteiger partial charge is 0.115 e. The van der Waals surface area contributed by atoms with Crippen molar-refractivity contribution in [2.45, 2.75) is 41.0 Å². The van der Waals surface area contributed by atoms with Crippen molar-refractivity contribution in [1.82, 2.24) is 5.32 Å². The zero-order valence-electron chi connectivity index (χ0n) is 13.3. The fourth-order valence-electron chi connectivity index (χ4n) is 1.68. The van der Waals surface area contributed by atoms with Gasteiger partial charge in [-0.2, -0.15) is 0 Å². The van der Waals surface area contributed by atoms with Crippen molar-refractivity contribution in [3.8, 4) is 12.8 Å². The highest BCUT2D eigenvalue weighted by atomic mass is 35.5. The molecule has 0 amide bonds. The van der Waals surface area contributed by atoms with Gasteiger partial charge < -0.3 is 15.2 Å². The first-order valence-corrected chi connectivity index (χ1v) is 7.22. The molecule has 0 aromatic heterocycles.